The van der Waals surface area contributed by atoms with Crippen LogP contribution in [0.25, 0.3) is 0 Å². The molecule has 0 amide bonds. The normalized spacial score (nSPS) is 18.7. The molecule has 1 aromatic carbocycles. The van der Waals surface area contributed by atoms with E-state index in [1.54, 1.807) is 18.2 Å². The smallest absolute Gasteiger partial charge is 0.244 e. The Labute approximate surface area is 127 Å². The molecule has 0 unspecified atom stereocenters. The summed E-state index contributed by atoms with van der Waals surface area (Å²) in [7, 11) is -3.49. The maximum atomic E-state index is 12.5. The Hall–Kier alpha value is -0.140. The molecule has 1 saturated heterocycles. The third-order valence-corrected chi connectivity index (χ3v) is 6.17. The Balaban J connectivity index is 2.23. The van der Waals surface area contributed by atoms with Gasteiger partial charge in [-0.1, -0.05) is 34.5 Å². The number of likely N-dealkylation sites (N-methyl/N-ethyl adjacent to an activating group) is 1. The summed E-state index contributed by atoms with van der Waals surface area (Å²) in [6, 6.07) is 4.85. The van der Waals surface area contributed by atoms with E-state index in [1.165, 1.54) is 4.31 Å². The second-order valence-electron chi connectivity index (χ2n) is 4.41. The fourth-order valence-electron chi connectivity index (χ4n) is 2.11. The predicted octanol–water partition coefficient (Wildman–Crippen LogP) is 2.43. The molecule has 0 bridgehead atoms. The van der Waals surface area contributed by atoms with Crippen LogP contribution in [0.15, 0.2) is 27.6 Å². The molecule has 0 aliphatic carbocycles. The summed E-state index contributed by atoms with van der Waals surface area (Å²) in [5, 5.41) is 0.257. The number of hydrogen-bond donors (Lipinski definition) is 0. The van der Waals surface area contributed by atoms with E-state index in [2.05, 4.69) is 27.8 Å². The molecule has 0 saturated carbocycles. The maximum absolute atomic E-state index is 12.5. The molecule has 0 N–H and O–H groups in total. The first-order chi connectivity index (χ1) is 8.95. The molecule has 0 aromatic heterocycles. The zero-order chi connectivity index (χ0) is 14.0. The maximum Gasteiger partial charge on any atom is 0.244 e. The van der Waals surface area contributed by atoms with Crippen LogP contribution in [0.3, 0.4) is 0 Å². The molecule has 0 atom stereocenters. The van der Waals surface area contributed by atoms with Crippen molar-refractivity contribution in [1.29, 1.82) is 0 Å². The lowest BCUT2D eigenvalue weighted by Crippen LogP contribution is -2.48. The number of nitrogens with zero attached hydrogens (tertiary/aromatic N) is 2. The van der Waals surface area contributed by atoms with E-state index in [9.17, 15) is 8.42 Å². The molecule has 1 aliphatic heterocycles. The van der Waals surface area contributed by atoms with Crippen molar-refractivity contribution in [2.75, 3.05) is 32.7 Å². The number of halogens is 2. The molecule has 0 spiro atoms. The molecule has 1 heterocycles. The molecule has 0 radical (unpaired) electrons. The number of sulfonamides is 1. The fraction of sp³-hybridized carbons (Fsp3) is 0.500. The van der Waals surface area contributed by atoms with Crippen LogP contribution in [-0.4, -0.2) is 50.3 Å². The van der Waals surface area contributed by atoms with Gasteiger partial charge in [0.15, 0.2) is 0 Å². The molecule has 1 fully saturated rings. The largest absolute Gasteiger partial charge is 0.301 e. The van der Waals surface area contributed by atoms with Gasteiger partial charge in [-0.25, -0.2) is 8.42 Å². The van der Waals surface area contributed by atoms with Crippen LogP contribution in [0.5, 0.6) is 0 Å². The number of rotatable bonds is 3. The van der Waals surface area contributed by atoms with Gasteiger partial charge in [0.05, 0.1) is 5.02 Å². The van der Waals surface area contributed by atoms with Gasteiger partial charge in [0.25, 0.3) is 0 Å². The van der Waals surface area contributed by atoms with Gasteiger partial charge in [0.1, 0.15) is 4.90 Å². The lowest BCUT2D eigenvalue weighted by molar-refractivity contribution is 0.196. The summed E-state index contributed by atoms with van der Waals surface area (Å²) in [5.74, 6) is 0. The molecular weight excluding hydrogens is 352 g/mol. The van der Waals surface area contributed by atoms with Crippen LogP contribution in [0.1, 0.15) is 6.92 Å². The van der Waals surface area contributed by atoms with Gasteiger partial charge >= 0.3 is 0 Å². The van der Waals surface area contributed by atoms with Crippen LogP contribution in [0.2, 0.25) is 5.02 Å². The number of hydrogen-bond acceptors (Lipinski definition) is 3. The quantitative estimate of drug-likeness (QED) is 0.824. The first kappa shape index (κ1) is 15.3. The van der Waals surface area contributed by atoms with Gasteiger partial charge in [-0.3, -0.25) is 0 Å². The second kappa shape index (κ2) is 6.10. The zero-order valence-corrected chi connectivity index (χ0v) is 13.8. The van der Waals surface area contributed by atoms with Crippen LogP contribution in [0.4, 0.5) is 0 Å². The Morgan fingerprint density at radius 2 is 1.89 bits per heavy atom. The van der Waals surface area contributed by atoms with Crippen molar-refractivity contribution >= 4 is 37.6 Å². The van der Waals surface area contributed by atoms with E-state index in [-0.39, 0.29) is 9.92 Å². The fourth-order valence-corrected chi connectivity index (χ4v) is 4.54. The minimum atomic E-state index is -3.49. The summed E-state index contributed by atoms with van der Waals surface area (Å²) in [6.07, 6.45) is 0. The van der Waals surface area contributed by atoms with E-state index in [1.807, 2.05) is 0 Å². The van der Waals surface area contributed by atoms with Crippen molar-refractivity contribution in [1.82, 2.24) is 9.21 Å². The summed E-state index contributed by atoms with van der Waals surface area (Å²) >= 11 is 9.32. The van der Waals surface area contributed by atoms with E-state index < -0.39 is 10.0 Å². The third kappa shape index (κ3) is 3.31. The van der Waals surface area contributed by atoms with Gasteiger partial charge in [-0.05, 0) is 24.7 Å². The van der Waals surface area contributed by atoms with Gasteiger partial charge in [-0.15, -0.1) is 0 Å². The van der Waals surface area contributed by atoms with E-state index in [0.29, 0.717) is 13.1 Å². The Bertz CT molecular complexity index is 557. The SMILES string of the molecule is CCN1CCN(S(=O)(=O)c2ccc(Br)cc2Cl)CC1. The topological polar surface area (TPSA) is 40.6 Å². The average molecular weight is 368 g/mol. The molecule has 1 aromatic rings. The molecule has 7 heteroatoms. The van der Waals surface area contributed by atoms with Crippen molar-refractivity contribution in [3.05, 3.63) is 27.7 Å². The molecule has 106 valence electrons. The summed E-state index contributed by atoms with van der Waals surface area (Å²) in [6.45, 7) is 5.60. The van der Waals surface area contributed by atoms with Crippen LogP contribution < -0.4 is 0 Å². The summed E-state index contributed by atoms with van der Waals surface area (Å²) in [5.41, 5.74) is 0. The summed E-state index contributed by atoms with van der Waals surface area (Å²) in [4.78, 5) is 2.41. The first-order valence-electron chi connectivity index (χ1n) is 6.12. The summed E-state index contributed by atoms with van der Waals surface area (Å²) < 4.78 is 27.3. The molecule has 1 aliphatic rings. The van der Waals surface area contributed by atoms with Gasteiger partial charge in [0, 0.05) is 30.7 Å². The van der Waals surface area contributed by atoms with Gasteiger partial charge in [0.2, 0.25) is 10.0 Å². The second-order valence-corrected chi connectivity index (χ2v) is 7.64. The molecular formula is C12H16BrClN2O2S. The Morgan fingerprint density at radius 3 is 2.42 bits per heavy atom. The van der Waals surface area contributed by atoms with Crippen LogP contribution in [0, 0.1) is 0 Å². The Kier molecular flexibility index (Phi) is 4.89. The van der Waals surface area contributed by atoms with Crippen molar-refractivity contribution in [3.8, 4) is 0 Å². The third-order valence-electron chi connectivity index (χ3n) is 3.29. The average Bonchev–Trinajstić information content (AvgIpc) is 2.38. The zero-order valence-electron chi connectivity index (χ0n) is 10.6. The highest BCUT2D eigenvalue weighted by atomic mass is 79.9. The molecule has 2 rings (SSSR count). The lowest BCUT2D eigenvalue weighted by Gasteiger charge is -2.33. The van der Waals surface area contributed by atoms with Crippen molar-refractivity contribution in [2.45, 2.75) is 11.8 Å². The molecule has 19 heavy (non-hydrogen) atoms. The van der Waals surface area contributed by atoms with Crippen molar-refractivity contribution in [3.63, 3.8) is 0 Å². The number of benzene rings is 1. The minimum Gasteiger partial charge on any atom is -0.301 e. The van der Waals surface area contributed by atoms with Crippen LogP contribution >= 0.6 is 27.5 Å². The van der Waals surface area contributed by atoms with Gasteiger partial charge < -0.3 is 4.90 Å². The standard InChI is InChI=1S/C12H16BrClN2O2S/c1-2-15-5-7-16(8-6-15)19(17,18)12-4-3-10(13)9-11(12)14/h3-4,9H,2,5-8H2,1H3. The predicted molar refractivity (Wildman–Crippen MR) is 80.0 cm³/mol. The number of piperazine rings is 1. The molecule has 4 nitrogen and oxygen atoms in total. The highest BCUT2D eigenvalue weighted by molar-refractivity contribution is 9.10. The van der Waals surface area contributed by atoms with E-state index in [4.69, 9.17) is 11.6 Å². The van der Waals surface area contributed by atoms with Gasteiger partial charge in [-0.2, -0.15) is 4.31 Å². The monoisotopic (exact) mass is 366 g/mol. The van der Waals surface area contributed by atoms with Crippen LogP contribution in [-0.2, 0) is 10.0 Å². The Morgan fingerprint density at radius 1 is 1.26 bits per heavy atom. The van der Waals surface area contributed by atoms with Crippen molar-refractivity contribution < 1.29 is 8.42 Å². The highest BCUT2D eigenvalue weighted by Gasteiger charge is 2.29. The highest BCUT2D eigenvalue weighted by Crippen LogP contribution is 2.28. The first-order valence-corrected chi connectivity index (χ1v) is 8.74. The van der Waals surface area contributed by atoms with E-state index in [0.717, 1.165) is 24.1 Å². The minimum absolute atomic E-state index is 0.183. The van der Waals surface area contributed by atoms with Crippen molar-refractivity contribution in [2.24, 2.45) is 0 Å². The lowest BCUT2D eigenvalue weighted by atomic mass is 10.4. The van der Waals surface area contributed by atoms with E-state index >= 15 is 0 Å².